The lowest BCUT2D eigenvalue weighted by molar-refractivity contribution is 0.174. The molecule has 1 unspecified atom stereocenters. The molecule has 0 aliphatic carbocycles. The highest BCUT2D eigenvalue weighted by atomic mass is 35.5. The summed E-state index contributed by atoms with van der Waals surface area (Å²) in [5.74, 6) is 0.228. The van der Waals surface area contributed by atoms with E-state index in [2.05, 4.69) is 5.32 Å². The number of nitrogens with one attached hydrogen (secondary N) is 1. The summed E-state index contributed by atoms with van der Waals surface area (Å²) in [5.41, 5.74) is 1.62. The Morgan fingerprint density at radius 2 is 1.75 bits per heavy atom. The van der Waals surface area contributed by atoms with Crippen molar-refractivity contribution in [2.45, 2.75) is 12.6 Å². The molecule has 3 N–H and O–H groups in total. The van der Waals surface area contributed by atoms with Gasteiger partial charge in [-0.3, -0.25) is 0 Å². The Bertz CT molecular complexity index is 570. The van der Waals surface area contributed by atoms with Crippen LogP contribution in [0, 0.1) is 0 Å². The lowest BCUT2D eigenvalue weighted by Gasteiger charge is -2.13. The molecule has 1 atom stereocenters. The quantitative estimate of drug-likeness (QED) is 0.792. The number of phenols is 1. The second-order valence-electron chi connectivity index (χ2n) is 4.52. The molecule has 20 heavy (non-hydrogen) atoms. The van der Waals surface area contributed by atoms with E-state index < -0.39 is 6.10 Å². The fourth-order valence-electron chi connectivity index (χ4n) is 1.91. The first kappa shape index (κ1) is 15.1. The number of aromatic hydroxyl groups is 1. The fourth-order valence-corrected chi connectivity index (χ4v) is 2.45. The molecule has 0 aliphatic rings. The van der Waals surface area contributed by atoms with Crippen molar-refractivity contribution in [1.82, 2.24) is 5.32 Å². The van der Waals surface area contributed by atoms with Gasteiger partial charge < -0.3 is 15.5 Å². The van der Waals surface area contributed by atoms with E-state index in [-0.39, 0.29) is 5.75 Å². The minimum atomic E-state index is -0.691. The van der Waals surface area contributed by atoms with Crippen LogP contribution in [0.15, 0.2) is 42.5 Å². The zero-order chi connectivity index (χ0) is 14.5. The summed E-state index contributed by atoms with van der Waals surface area (Å²) < 4.78 is 0. The number of hydrogen-bond donors (Lipinski definition) is 3. The highest BCUT2D eigenvalue weighted by Gasteiger charge is 2.09. The van der Waals surface area contributed by atoms with E-state index in [0.29, 0.717) is 28.7 Å². The Kier molecular flexibility index (Phi) is 5.26. The van der Waals surface area contributed by atoms with Crippen LogP contribution in [0.3, 0.4) is 0 Å². The SMILES string of the molecule is Oc1cccc(CNCC(O)c2cc(Cl)cc(Cl)c2)c1. The van der Waals surface area contributed by atoms with E-state index in [0.717, 1.165) is 5.56 Å². The maximum Gasteiger partial charge on any atom is 0.115 e. The molecule has 0 fully saturated rings. The fraction of sp³-hybridized carbons (Fsp3) is 0.200. The molecular weight excluding hydrogens is 297 g/mol. The van der Waals surface area contributed by atoms with Crippen LogP contribution >= 0.6 is 23.2 Å². The van der Waals surface area contributed by atoms with Crippen molar-refractivity contribution >= 4 is 23.2 Å². The number of aliphatic hydroxyl groups excluding tert-OH is 1. The first-order valence-corrected chi connectivity index (χ1v) is 6.93. The molecule has 106 valence electrons. The van der Waals surface area contributed by atoms with Crippen LogP contribution < -0.4 is 5.32 Å². The van der Waals surface area contributed by atoms with Gasteiger partial charge in [-0.05, 0) is 41.5 Å². The van der Waals surface area contributed by atoms with Gasteiger partial charge in [0.1, 0.15) is 5.75 Å². The molecule has 0 amide bonds. The summed E-state index contributed by atoms with van der Waals surface area (Å²) >= 11 is 11.8. The summed E-state index contributed by atoms with van der Waals surface area (Å²) in [6.45, 7) is 0.923. The first-order chi connectivity index (χ1) is 9.54. The predicted molar refractivity (Wildman–Crippen MR) is 81.2 cm³/mol. The maximum atomic E-state index is 10.1. The number of phenolic OH excluding ortho intramolecular Hbond substituents is 1. The maximum absolute atomic E-state index is 10.1. The lowest BCUT2D eigenvalue weighted by atomic mass is 10.1. The van der Waals surface area contributed by atoms with Gasteiger partial charge in [-0.15, -0.1) is 0 Å². The van der Waals surface area contributed by atoms with Gasteiger partial charge in [0, 0.05) is 23.1 Å². The molecule has 0 spiro atoms. The average Bonchev–Trinajstić information content (AvgIpc) is 2.37. The normalized spacial score (nSPS) is 12.3. The second kappa shape index (κ2) is 6.95. The third-order valence-electron chi connectivity index (χ3n) is 2.85. The van der Waals surface area contributed by atoms with Gasteiger partial charge in [0.25, 0.3) is 0 Å². The highest BCUT2D eigenvalue weighted by molar-refractivity contribution is 6.34. The molecule has 0 radical (unpaired) electrons. The van der Waals surface area contributed by atoms with Gasteiger partial charge in [-0.25, -0.2) is 0 Å². The van der Waals surface area contributed by atoms with Crippen molar-refractivity contribution in [2.75, 3.05) is 6.54 Å². The van der Waals surface area contributed by atoms with Crippen molar-refractivity contribution in [3.05, 3.63) is 63.6 Å². The predicted octanol–water partition coefficient (Wildman–Crippen LogP) is 3.52. The first-order valence-electron chi connectivity index (χ1n) is 6.17. The zero-order valence-electron chi connectivity index (χ0n) is 10.7. The van der Waals surface area contributed by atoms with Crippen molar-refractivity contribution in [2.24, 2.45) is 0 Å². The van der Waals surface area contributed by atoms with Crippen molar-refractivity contribution in [3.8, 4) is 5.75 Å². The van der Waals surface area contributed by atoms with Gasteiger partial charge in [-0.2, -0.15) is 0 Å². The van der Waals surface area contributed by atoms with Crippen LogP contribution in [0.1, 0.15) is 17.2 Å². The number of hydrogen-bond acceptors (Lipinski definition) is 3. The van der Waals surface area contributed by atoms with E-state index >= 15 is 0 Å². The Labute approximate surface area is 127 Å². The smallest absolute Gasteiger partial charge is 0.115 e. The number of aliphatic hydroxyl groups is 1. The Hall–Kier alpha value is -1.26. The molecule has 0 bridgehead atoms. The zero-order valence-corrected chi connectivity index (χ0v) is 12.2. The third kappa shape index (κ3) is 4.39. The average molecular weight is 312 g/mol. The third-order valence-corrected chi connectivity index (χ3v) is 3.28. The Morgan fingerprint density at radius 3 is 2.40 bits per heavy atom. The van der Waals surface area contributed by atoms with Crippen molar-refractivity contribution in [1.29, 1.82) is 0 Å². The van der Waals surface area contributed by atoms with Gasteiger partial charge >= 0.3 is 0 Å². The molecule has 3 nitrogen and oxygen atoms in total. The van der Waals surface area contributed by atoms with Gasteiger partial charge in [0.15, 0.2) is 0 Å². The Balaban J connectivity index is 1.90. The minimum Gasteiger partial charge on any atom is -0.508 e. The molecule has 2 rings (SSSR count). The number of halogens is 2. The van der Waals surface area contributed by atoms with Crippen molar-refractivity contribution in [3.63, 3.8) is 0 Å². The minimum absolute atomic E-state index is 0.228. The van der Waals surface area contributed by atoms with Gasteiger partial charge in [0.2, 0.25) is 0 Å². The second-order valence-corrected chi connectivity index (χ2v) is 5.39. The summed E-state index contributed by atoms with van der Waals surface area (Å²) in [6, 6.07) is 12.0. The largest absolute Gasteiger partial charge is 0.508 e. The van der Waals surface area contributed by atoms with Crippen LogP contribution in [0.25, 0.3) is 0 Å². The number of benzene rings is 2. The lowest BCUT2D eigenvalue weighted by Crippen LogP contribution is -2.21. The molecule has 0 aliphatic heterocycles. The summed E-state index contributed by atoms with van der Waals surface area (Å²) in [4.78, 5) is 0. The molecule has 0 aromatic heterocycles. The summed E-state index contributed by atoms with van der Waals surface area (Å²) in [5, 5.41) is 23.5. The van der Waals surface area contributed by atoms with Gasteiger partial charge in [-0.1, -0.05) is 35.3 Å². The summed E-state index contributed by atoms with van der Waals surface area (Å²) in [6.07, 6.45) is -0.691. The van der Waals surface area contributed by atoms with Crippen LogP contribution in [0.5, 0.6) is 5.75 Å². The molecule has 0 heterocycles. The molecule has 2 aromatic carbocycles. The van der Waals surface area contributed by atoms with Crippen LogP contribution in [-0.2, 0) is 6.54 Å². The highest BCUT2D eigenvalue weighted by Crippen LogP contribution is 2.23. The molecule has 0 saturated heterocycles. The van der Waals surface area contributed by atoms with Gasteiger partial charge in [0.05, 0.1) is 6.10 Å². The van der Waals surface area contributed by atoms with Crippen LogP contribution in [0.2, 0.25) is 10.0 Å². The van der Waals surface area contributed by atoms with E-state index in [4.69, 9.17) is 23.2 Å². The monoisotopic (exact) mass is 311 g/mol. The topological polar surface area (TPSA) is 52.5 Å². The summed E-state index contributed by atoms with van der Waals surface area (Å²) in [7, 11) is 0. The molecule has 0 saturated carbocycles. The standard InChI is InChI=1S/C15H15Cl2NO2/c16-12-5-11(6-13(17)7-12)15(20)9-18-8-10-2-1-3-14(19)4-10/h1-7,15,18-20H,8-9H2. The van der Waals surface area contributed by atoms with E-state index in [1.807, 2.05) is 6.07 Å². The molecule has 5 heteroatoms. The van der Waals surface area contributed by atoms with Crippen LogP contribution in [0.4, 0.5) is 0 Å². The van der Waals surface area contributed by atoms with Crippen LogP contribution in [-0.4, -0.2) is 16.8 Å². The van der Waals surface area contributed by atoms with E-state index in [1.165, 1.54) is 0 Å². The van der Waals surface area contributed by atoms with E-state index in [9.17, 15) is 10.2 Å². The molecule has 2 aromatic rings. The van der Waals surface area contributed by atoms with Crippen molar-refractivity contribution < 1.29 is 10.2 Å². The van der Waals surface area contributed by atoms with E-state index in [1.54, 1.807) is 36.4 Å². The Morgan fingerprint density at radius 1 is 1.05 bits per heavy atom. The molecular formula is C15H15Cl2NO2. The number of rotatable bonds is 5.